The molecule has 0 radical (unpaired) electrons. The van der Waals surface area contributed by atoms with Gasteiger partial charge in [0, 0.05) is 16.5 Å². The normalized spacial score (nSPS) is 13.7. The van der Waals surface area contributed by atoms with Crippen molar-refractivity contribution in [2.24, 2.45) is 0 Å². The summed E-state index contributed by atoms with van der Waals surface area (Å²) in [4.78, 5) is 23.6. The van der Waals surface area contributed by atoms with Gasteiger partial charge in [-0.05, 0) is 31.2 Å². The van der Waals surface area contributed by atoms with Gasteiger partial charge in [-0.25, -0.2) is 9.59 Å². The van der Waals surface area contributed by atoms with E-state index >= 15 is 0 Å². The molecular weight excluding hydrogens is 408 g/mol. The third kappa shape index (κ3) is 5.40. The summed E-state index contributed by atoms with van der Waals surface area (Å²) in [7, 11) is 0. The van der Waals surface area contributed by atoms with Gasteiger partial charge in [-0.15, -0.1) is 10.2 Å². The molecule has 1 aliphatic heterocycles. The Morgan fingerprint density at radius 3 is 2.86 bits per heavy atom. The van der Waals surface area contributed by atoms with Gasteiger partial charge in [0.05, 0.1) is 18.7 Å². The van der Waals surface area contributed by atoms with Crippen molar-refractivity contribution in [3.63, 3.8) is 0 Å². The number of amides is 2. The number of benzene rings is 1. The minimum atomic E-state index is -0.479. The summed E-state index contributed by atoms with van der Waals surface area (Å²) in [5, 5.41) is 13.9. The van der Waals surface area contributed by atoms with Gasteiger partial charge in [0.15, 0.2) is 6.61 Å². The van der Waals surface area contributed by atoms with E-state index in [1.54, 1.807) is 31.2 Å². The maximum absolute atomic E-state index is 12.0. The van der Waals surface area contributed by atoms with E-state index in [1.807, 2.05) is 0 Å². The lowest BCUT2D eigenvalue weighted by atomic mass is 10.2. The molecule has 0 aliphatic carbocycles. The van der Waals surface area contributed by atoms with Crippen LogP contribution in [0.4, 0.5) is 4.79 Å². The van der Waals surface area contributed by atoms with Crippen LogP contribution < -0.4 is 15.4 Å². The fourth-order valence-corrected chi connectivity index (χ4v) is 3.13. The Bertz CT molecular complexity index is 884. The molecule has 148 valence electrons. The van der Waals surface area contributed by atoms with Crippen molar-refractivity contribution in [1.82, 2.24) is 20.8 Å². The number of halogens is 1. The minimum absolute atomic E-state index is 0.102. The first-order chi connectivity index (χ1) is 13.5. The van der Waals surface area contributed by atoms with Crippen LogP contribution in [0.15, 0.2) is 45.2 Å². The average molecular weight is 425 g/mol. The van der Waals surface area contributed by atoms with E-state index in [-0.39, 0.29) is 36.8 Å². The van der Waals surface area contributed by atoms with Crippen LogP contribution in [0.3, 0.4) is 0 Å². The molecule has 9 nitrogen and oxygen atoms in total. The summed E-state index contributed by atoms with van der Waals surface area (Å²) in [6, 6.07) is 6.52. The number of nitrogens with zero attached hydrogens (tertiary/aromatic N) is 2. The molecule has 3 rings (SSSR count). The monoisotopic (exact) mass is 424 g/mol. The number of ether oxygens (including phenoxy) is 2. The van der Waals surface area contributed by atoms with Crippen LogP contribution in [0, 0.1) is 0 Å². The molecule has 2 N–H and O–H groups in total. The second-order valence-corrected chi connectivity index (χ2v) is 6.84. The molecule has 0 unspecified atom stereocenters. The van der Waals surface area contributed by atoms with Crippen LogP contribution in [0.25, 0.3) is 0 Å². The smallest absolute Gasteiger partial charge is 0.337 e. The molecule has 0 saturated carbocycles. The van der Waals surface area contributed by atoms with Gasteiger partial charge in [-0.1, -0.05) is 23.4 Å². The standard InChI is InChI=1S/C17H17ClN4O5S/c1-2-25-15(23)12-7-19-16(24)20-13(12)9-28-17-22-21-14(27-17)8-26-11-5-3-10(18)4-6-11/h3-6H,2,7-9H2,1H3,(H2,19,20,24). The Labute approximate surface area is 169 Å². The van der Waals surface area contributed by atoms with E-state index in [0.29, 0.717) is 27.9 Å². The van der Waals surface area contributed by atoms with Gasteiger partial charge >= 0.3 is 12.0 Å². The maximum Gasteiger partial charge on any atom is 0.337 e. The fraction of sp³-hybridized carbons (Fsp3) is 0.294. The Balaban J connectivity index is 1.58. The number of nitrogens with one attached hydrogen (secondary N) is 2. The Hall–Kier alpha value is -2.72. The molecule has 0 fully saturated rings. The van der Waals surface area contributed by atoms with E-state index in [2.05, 4.69) is 20.8 Å². The number of carbonyl (C=O) groups excluding carboxylic acids is 2. The second-order valence-electron chi connectivity index (χ2n) is 5.48. The van der Waals surface area contributed by atoms with Crippen molar-refractivity contribution in [1.29, 1.82) is 0 Å². The highest BCUT2D eigenvalue weighted by Gasteiger charge is 2.24. The highest BCUT2D eigenvalue weighted by Crippen LogP contribution is 2.22. The number of thioether (sulfide) groups is 1. The van der Waals surface area contributed by atoms with E-state index in [0.717, 1.165) is 0 Å². The Kier molecular flexibility index (Phi) is 6.77. The van der Waals surface area contributed by atoms with Gasteiger partial charge in [-0.3, -0.25) is 0 Å². The third-order valence-corrected chi connectivity index (χ3v) is 4.64. The van der Waals surface area contributed by atoms with Crippen LogP contribution in [0.1, 0.15) is 12.8 Å². The summed E-state index contributed by atoms with van der Waals surface area (Å²) in [5.74, 6) is 0.708. The Morgan fingerprint density at radius 2 is 2.11 bits per heavy atom. The predicted molar refractivity (Wildman–Crippen MR) is 101 cm³/mol. The quantitative estimate of drug-likeness (QED) is 0.490. The Morgan fingerprint density at radius 1 is 1.32 bits per heavy atom. The molecule has 0 saturated heterocycles. The van der Waals surface area contributed by atoms with Crippen LogP contribution in [-0.2, 0) is 16.1 Å². The first-order valence-electron chi connectivity index (χ1n) is 8.32. The number of urea groups is 1. The van der Waals surface area contributed by atoms with E-state index < -0.39 is 5.97 Å². The second kappa shape index (κ2) is 9.47. The molecule has 1 aliphatic rings. The number of aromatic nitrogens is 2. The van der Waals surface area contributed by atoms with Gasteiger partial charge in [0.2, 0.25) is 0 Å². The summed E-state index contributed by atoms with van der Waals surface area (Å²) in [6.07, 6.45) is 0. The molecule has 1 aromatic carbocycles. The molecule has 1 aromatic heterocycles. The minimum Gasteiger partial charge on any atom is -0.484 e. The molecular formula is C17H17ClN4O5S. The molecule has 0 atom stereocenters. The number of hydrogen-bond donors (Lipinski definition) is 2. The molecule has 0 bridgehead atoms. The third-order valence-electron chi connectivity index (χ3n) is 3.54. The van der Waals surface area contributed by atoms with E-state index in [9.17, 15) is 9.59 Å². The van der Waals surface area contributed by atoms with E-state index in [4.69, 9.17) is 25.5 Å². The summed E-state index contributed by atoms with van der Waals surface area (Å²) < 4.78 is 16.1. The molecule has 2 amide bonds. The molecule has 11 heteroatoms. The van der Waals surface area contributed by atoms with E-state index in [1.165, 1.54) is 11.8 Å². The molecule has 28 heavy (non-hydrogen) atoms. The van der Waals surface area contributed by atoms with Gasteiger partial charge in [0.1, 0.15) is 5.75 Å². The number of esters is 1. The first-order valence-corrected chi connectivity index (χ1v) is 9.69. The van der Waals surface area contributed by atoms with Crippen molar-refractivity contribution < 1.29 is 23.5 Å². The zero-order valence-corrected chi connectivity index (χ0v) is 16.4. The topological polar surface area (TPSA) is 116 Å². The van der Waals surface area contributed by atoms with Gasteiger partial charge in [0.25, 0.3) is 11.1 Å². The number of carbonyl (C=O) groups is 2. The van der Waals surface area contributed by atoms with Gasteiger partial charge in [-0.2, -0.15) is 0 Å². The summed E-state index contributed by atoms with van der Waals surface area (Å²) in [5.41, 5.74) is 0.809. The highest BCUT2D eigenvalue weighted by atomic mass is 35.5. The first kappa shape index (κ1) is 20.0. The zero-order chi connectivity index (χ0) is 19.9. The molecule has 0 spiro atoms. The van der Waals surface area contributed by atoms with Crippen molar-refractivity contribution in [2.45, 2.75) is 18.8 Å². The number of rotatable bonds is 8. The fourth-order valence-electron chi connectivity index (χ4n) is 2.23. The summed E-state index contributed by atoms with van der Waals surface area (Å²) >= 11 is 7.02. The lowest BCUT2D eigenvalue weighted by Gasteiger charge is -2.20. The average Bonchev–Trinajstić information content (AvgIpc) is 3.14. The molecule has 2 aromatic rings. The zero-order valence-electron chi connectivity index (χ0n) is 14.9. The largest absolute Gasteiger partial charge is 0.484 e. The van der Waals surface area contributed by atoms with Crippen molar-refractivity contribution in [3.8, 4) is 5.75 Å². The van der Waals surface area contributed by atoms with Crippen LogP contribution >= 0.6 is 23.4 Å². The van der Waals surface area contributed by atoms with Crippen LogP contribution in [0.5, 0.6) is 5.75 Å². The maximum atomic E-state index is 12.0. The number of hydrogen-bond acceptors (Lipinski definition) is 8. The van der Waals surface area contributed by atoms with Crippen molar-refractivity contribution in [3.05, 3.63) is 46.4 Å². The van der Waals surface area contributed by atoms with Gasteiger partial charge < -0.3 is 24.5 Å². The lowest BCUT2D eigenvalue weighted by Crippen LogP contribution is -2.44. The van der Waals surface area contributed by atoms with Crippen LogP contribution in [0.2, 0.25) is 5.02 Å². The lowest BCUT2D eigenvalue weighted by molar-refractivity contribution is -0.138. The van der Waals surface area contributed by atoms with Crippen molar-refractivity contribution in [2.75, 3.05) is 18.9 Å². The SMILES string of the molecule is CCOC(=O)C1=C(CSc2nnc(COc3ccc(Cl)cc3)o2)NC(=O)NC1. The molecule has 2 heterocycles. The van der Waals surface area contributed by atoms with Crippen molar-refractivity contribution >= 4 is 35.4 Å². The predicted octanol–water partition coefficient (Wildman–Crippen LogP) is 2.52. The highest BCUT2D eigenvalue weighted by molar-refractivity contribution is 7.99. The van der Waals surface area contributed by atoms with Crippen LogP contribution in [-0.4, -0.2) is 41.1 Å². The summed E-state index contributed by atoms with van der Waals surface area (Å²) in [6.45, 7) is 2.17.